The zero-order chi connectivity index (χ0) is 16.2. The minimum absolute atomic E-state index is 0.0404. The fraction of sp³-hybridized carbons (Fsp3) is 0.412. The van der Waals surface area contributed by atoms with Gasteiger partial charge in [0.2, 0.25) is 0 Å². The van der Waals surface area contributed by atoms with Crippen LogP contribution in [0, 0.1) is 5.82 Å². The topological polar surface area (TPSA) is 50.2 Å². The van der Waals surface area contributed by atoms with Crippen LogP contribution in [0.15, 0.2) is 36.5 Å². The summed E-state index contributed by atoms with van der Waals surface area (Å²) in [7, 11) is 0. The van der Waals surface area contributed by atoms with Gasteiger partial charge in [0.1, 0.15) is 5.82 Å². The molecule has 1 atom stereocenters. The highest BCUT2D eigenvalue weighted by molar-refractivity contribution is 5.92. The van der Waals surface area contributed by atoms with E-state index in [0.717, 1.165) is 38.2 Å². The maximum Gasteiger partial charge on any atom is 0.274 e. The molecule has 0 aliphatic carbocycles. The highest BCUT2D eigenvalue weighted by atomic mass is 19.1. The first-order valence-corrected chi connectivity index (χ1v) is 8.02. The third-order valence-electron chi connectivity index (χ3n) is 4.10. The Hall–Kier alpha value is -2.21. The van der Waals surface area contributed by atoms with Crippen molar-refractivity contribution in [2.75, 3.05) is 19.6 Å². The second-order valence-corrected chi connectivity index (χ2v) is 5.77. The Kier molecular flexibility index (Phi) is 4.71. The largest absolute Gasteiger partial charge is 0.333 e. The molecule has 1 unspecified atom stereocenters. The Labute approximate surface area is 135 Å². The highest BCUT2D eigenvalue weighted by Gasteiger charge is 2.27. The molecule has 1 aliphatic rings. The molecule has 122 valence electrons. The molecule has 0 saturated carbocycles. The van der Waals surface area contributed by atoms with Crippen molar-refractivity contribution in [2.45, 2.75) is 25.8 Å². The van der Waals surface area contributed by atoms with Crippen molar-refractivity contribution < 1.29 is 9.18 Å². The van der Waals surface area contributed by atoms with Crippen molar-refractivity contribution in [3.63, 3.8) is 0 Å². The Morgan fingerprint density at radius 1 is 1.39 bits per heavy atom. The lowest BCUT2D eigenvalue weighted by Crippen LogP contribution is -2.42. The summed E-state index contributed by atoms with van der Waals surface area (Å²) in [4.78, 5) is 14.7. The van der Waals surface area contributed by atoms with Crippen molar-refractivity contribution in [2.24, 2.45) is 0 Å². The molecular weight excluding hydrogens is 295 g/mol. The van der Waals surface area contributed by atoms with Crippen molar-refractivity contribution in [1.82, 2.24) is 20.0 Å². The van der Waals surface area contributed by atoms with E-state index in [2.05, 4.69) is 17.3 Å². The van der Waals surface area contributed by atoms with Crippen LogP contribution in [-0.2, 0) is 0 Å². The Morgan fingerprint density at radius 2 is 2.17 bits per heavy atom. The molecule has 3 rings (SSSR count). The van der Waals surface area contributed by atoms with Crippen LogP contribution in [0.25, 0.3) is 5.69 Å². The lowest BCUT2D eigenvalue weighted by Gasteiger charge is -2.27. The van der Waals surface area contributed by atoms with Crippen LogP contribution in [0.5, 0.6) is 0 Å². The molecule has 1 aromatic heterocycles. The van der Waals surface area contributed by atoms with Gasteiger partial charge in [0.25, 0.3) is 5.91 Å². The summed E-state index contributed by atoms with van der Waals surface area (Å²) >= 11 is 0. The van der Waals surface area contributed by atoms with Gasteiger partial charge in [-0.15, -0.1) is 0 Å². The van der Waals surface area contributed by atoms with Gasteiger partial charge in [0.15, 0.2) is 5.69 Å². The summed E-state index contributed by atoms with van der Waals surface area (Å²) in [5, 5.41) is 7.67. The lowest BCUT2D eigenvalue weighted by molar-refractivity contribution is 0.0685. The number of carbonyl (C=O) groups excluding carboxylic acids is 1. The maximum absolute atomic E-state index is 13.0. The van der Waals surface area contributed by atoms with E-state index in [9.17, 15) is 9.18 Å². The van der Waals surface area contributed by atoms with Crippen LogP contribution >= 0.6 is 0 Å². The molecule has 1 aliphatic heterocycles. The van der Waals surface area contributed by atoms with Gasteiger partial charge in [-0.1, -0.05) is 6.92 Å². The van der Waals surface area contributed by atoms with Gasteiger partial charge >= 0.3 is 0 Å². The second kappa shape index (κ2) is 6.91. The number of hydrogen-bond acceptors (Lipinski definition) is 3. The van der Waals surface area contributed by atoms with Gasteiger partial charge in [-0.2, -0.15) is 5.10 Å². The first-order valence-electron chi connectivity index (χ1n) is 8.02. The van der Waals surface area contributed by atoms with Gasteiger partial charge in [-0.05, 0) is 49.7 Å². The molecule has 1 N–H and O–H groups in total. The molecule has 23 heavy (non-hydrogen) atoms. The Balaban J connectivity index is 1.80. The van der Waals surface area contributed by atoms with E-state index in [1.54, 1.807) is 29.1 Å². The second-order valence-electron chi connectivity index (χ2n) is 5.77. The summed E-state index contributed by atoms with van der Waals surface area (Å²) in [5.74, 6) is -0.332. The van der Waals surface area contributed by atoms with Gasteiger partial charge in [0, 0.05) is 25.3 Å². The van der Waals surface area contributed by atoms with Crippen LogP contribution in [0.3, 0.4) is 0 Å². The SMILES string of the molecule is CCCN(C(=O)c1ccn(-c2ccc(F)cc2)n1)C1CCNC1. The minimum atomic E-state index is -0.292. The molecule has 1 saturated heterocycles. The number of carbonyl (C=O) groups is 1. The average molecular weight is 316 g/mol. The number of hydrogen-bond donors (Lipinski definition) is 1. The van der Waals surface area contributed by atoms with Crippen molar-refractivity contribution >= 4 is 5.91 Å². The van der Waals surface area contributed by atoms with E-state index in [1.807, 2.05) is 4.90 Å². The fourth-order valence-corrected chi connectivity index (χ4v) is 2.92. The number of nitrogens with zero attached hydrogens (tertiary/aromatic N) is 3. The molecule has 1 amide bonds. The molecule has 2 aromatic rings. The summed E-state index contributed by atoms with van der Waals surface area (Å²) in [6.45, 7) is 4.58. The number of amides is 1. The molecule has 0 radical (unpaired) electrons. The first-order chi connectivity index (χ1) is 11.2. The van der Waals surface area contributed by atoms with Crippen LogP contribution in [0.1, 0.15) is 30.3 Å². The first kappa shape index (κ1) is 15.7. The summed E-state index contributed by atoms with van der Waals surface area (Å²) in [6.07, 6.45) is 3.63. The smallest absolute Gasteiger partial charge is 0.274 e. The molecule has 0 spiro atoms. The predicted octanol–water partition coefficient (Wildman–Crippen LogP) is 2.23. The zero-order valence-electron chi connectivity index (χ0n) is 13.2. The standard InChI is InChI=1S/C17H21FN4O/c1-2-10-21(15-7-9-19-12-15)17(23)16-8-11-22(20-16)14-5-3-13(18)4-6-14/h3-6,8,11,15,19H,2,7,9-10,12H2,1H3. The van der Waals surface area contributed by atoms with Crippen LogP contribution in [0.4, 0.5) is 4.39 Å². The van der Waals surface area contributed by atoms with Crippen LogP contribution in [-0.4, -0.2) is 46.3 Å². The van der Waals surface area contributed by atoms with Gasteiger partial charge in [0.05, 0.1) is 5.69 Å². The van der Waals surface area contributed by atoms with E-state index in [-0.39, 0.29) is 17.8 Å². The van der Waals surface area contributed by atoms with Crippen molar-refractivity contribution in [3.05, 3.63) is 48.0 Å². The molecule has 2 heterocycles. The number of nitrogens with one attached hydrogen (secondary N) is 1. The van der Waals surface area contributed by atoms with Gasteiger partial charge in [-0.3, -0.25) is 4.79 Å². The summed E-state index contributed by atoms with van der Waals surface area (Å²) in [6, 6.07) is 8.00. The Morgan fingerprint density at radius 3 is 2.83 bits per heavy atom. The fourth-order valence-electron chi connectivity index (χ4n) is 2.92. The molecule has 6 heteroatoms. The van der Waals surface area contributed by atoms with Crippen molar-refractivity contribution in [3.8, 4) is 5.69 Å². The van der Waals surface area contributed by atoms with Crippen LogP contribution < -0.4 is 5.32 Å². The van der Waals surface area contributed by atoms with Gasteiger partial charge < -0.3 is 10.2 Å². The summed E-state index contributed by atoms with van der Waals surface area (Å²) < 4.78 is 14.6. The highest BCUT2D eigenvalue weighted by Crippen LogP contribution is 2.15. The molecule has 0 bridgehead atoms. The van der Waals surface area contributed by atoms with E-state index in [1.165, 1.54) is 12.1 Å². The van der Waals surface area contributed by atoms with Crippen LogP contribution in [0.2, 0.25) is 0 Å². The average Bonchev–Trinajstić information content (AvgIpc) is 3.24. The quantitative estimate of drug-likeness (QED) is 0.920. The van der Waals surface area contributed by atoms with Crippen molar-refractivity contribution in [1.29, 1.82) is 0 Å². The zero-order valence-corrected chi connectivity index (χ0v) is 13.2. The molecule has 5 nitrogen and oxygen atoms in total. The number of rotatable bonds is 5. The Bertz CT molecular complexity index is 661. The third kappa shape index (κ3) is 3.42. The number of aromatic nitrogens is 2. The minimum Gasteiger partial charge on any atom is -0.333 e. The lowest BCUT2D eigenvalue weighted by atomic mass is 10.2. The van der Waals surface area contributed by atoms with E-state index in [4.69, 9.17) is 0 Å². The molecule has 1 aromatic carbocycles. The molecule has 1 fully saturated rings. The van der Waals surface area contributed by atoms with E-state index >= 15 is 0 Å². The van der Waals surface area contributed by atoms with Gasteiger partial charge in [-0.25, -0.2) is 9.07 Å². The maximum atomic E-state index is 13.0. The molecular formula is C17H21FN4O. The van der Waals surface area contributed by atoms with E-state index < -0.39 is 0 Å². The third-order valence-corrected chi connectivity index (χ3v) is 4.10. The summed E-state index contributed by atoms with van der Waals surface area (Å²) in [5.41, 5.74) is 1.16. The normalized spacial score (nSPS) is 17.4. The predicted molar refractivity (Wildman–Crippen MR) is 86.1 cm³/mol. The van der Waals surface area contributed by atoms with E-state index in [0.29, 0.717) is 5.69 Å². The monoisotopic (exact) mass is 316 g/mol. The number of benzene rings is 1. The number of halogens is 1.